The maximum atomic E-state index is 12.3. The van der Waals surface area contributed by atoms with Gasteiger partial charge in [0.1, 0.15) is 23.3 Å². The number of aromatic nitrogens is 1. The quantitative estimate of drug-likeness (QED) is 0.851. The fourth-order valence-electron chi connectivity index (χ4n) is 2.32. The van der Waals surface area contributed by atoms with Crippen LogP contribution in [-0.4, -0.2) is 24.8 Å². The number of aryl methyl sites for hydroxylation is 1. The van der Waals surface area contributed by atoms with Gasteiger partial charge in [-0.15, -0.1) is 0 Å². The van der Waals surface area contributed by atoms with Gasteiger partial charge in [-0.2, -0.15) is 0 Å². The van der Waals surface area contributed by atoms with Gasteiger partial charge in [0.2, 0.25) is 0 Å². The highest BCUT2D eigenvalue weighted by Gasteiger charge is 2.29. The molecule has 2 aromatic heterocycles. The molecule has 1 aliphatic carbocycles. The number of ether oxygens (including phenoxy) is 1. The van der Waals surface area contributed by atoms with Crippen molar-refractivity contribution >= 4 is 5.91 Å². The lowest BCUT2D eigenvalue weighted by Gasteiger charge is -2.14. The Morgan fingerprint density at radius 1 is 1.50 bits per heavy atom. The summed E-state index contributed by atoms with van der Waals surface area (Å²) in [5.74, 6) is 2.49. The minimum atomic E-state index is -0.348. The Bertz CT molecular complexity index is 642. The highest BCUT2D eigenvalue weighted by molar-refractivity contribution is 5.92. The number of nitrogens with zero attached hydrogens (tertiary/aromatic N) is 1. The van der Waals surface area contributed by atoms with E-state index in [9.17, 15) is 4.79 Å². The second-order valence-corrected chi connectivity index (χ2v) is 5.53. The van der Waals surface area contributed by atoms with Crippen LogP contribution < -0.4 is 5.32 Å². The molecule has 1 aliphatic rings. The van der Waals surface area contributed by atoms with E-state index in [1.807, 2.05) is 19.1 Å². The Hall–Kier alpha value is -2.08. The zero-order valence-electron chi connectivity index (χ0n) is 12.8. The number of carbonyl (C=O) groups excluding carboxylic acids is 1. The van der Waals surface area contributed by atoms with Gasteiger partial charge < -0.3 is 19.0 Å². The van der Waals surface area contributed by atoms with Crippen molar-refractivity contribution in [2.45, 2.75) is 38.1 Å². The van der Waals surface area contributed by atoms with Crippen molar-refractivity contribution in [3.8, 4) is 0 Å². The summed E-state index contributed by atoms with van der Waals surface area (Å²) in [7, 11) is 1.59. The molecule has 1 unspecified atom stereocenters. The normalized spacial score (nSPS) is 15.7. The molecule has 0 aliphatic heterocycles. The molecule has 0 saturated heterocycles. The molecule has 0 bridgehead atoms. The third-order valence-corrected chi connectivity index (χ3v) is 3.75. The molecule has 3 rings (SSSR count). The Labute approximate surface area is 128 Å². The van der Waals surface area contributed by atoms with E-state index in [1.54, 1.807) is 13.2 Å². The van der Waals surface area contributed by atoms with Gasteiger partial charge in [-0.25, -0.2) is 0 Å². The van der Waals surface area contributed by atoms with Crippen molar-refractivity contribution < 1.29 is 18.5 Å². The molecule has 0 aromatic carbocycles. The lowest BCUT2D eigenvalue weighted by atomic mass is 10.2. The standard InChI is InChI=1S/C16H20N2O4/c1-3-11-6-7-14(21-11)13(9-20-2)17-16(19)12-8-15(22-18-12)10-4-5-10/h6-8,10,13H,3-5,9H2,1-2H3,(H,17,19). The van der Waals surface area contributed by atoms with Crippen LogP contribution >= 0.6 is 0 Å². The summed E-state index contributed by atoms with van der Waals surface area (Å²) in [5.41, 5.74) is 0.297. The average Bonchev–Trinajstić information content (AvgIpc) is 3.06. The van der Waals surface area contributed by atoms with E-state index in [2.05, 4.69) is 10.5 Å². The van der Waals surface area contributed by atoms with Crippen LogP contribution in [0.15, 0.2) is 27.1 Å². The van der Waals surface area contributed by atoms with Gasteiger partial charge in [0.15, 0.2) is 5.69 Å². The number of rotatable bonds is 7. The van der Waals surface area contributed by atoms with Crippen LogP contribution in [0.25, 0.3) is 0 Å². The molecular formula is C16H20N2O4. The second kappa shape index (κ2) is 6.36. The summed E-state index contributed by atoms with van der Waals surface area (Å²) in [5, 5.41) is 6.73. The van der Waals surface area contributed by atoms with Gasteiger partial charge in [-0.3, -0.25) is 4.79 Å². The van der Waals surface area contributed by atoms with Crippen LogP contribution in [0.4, 0.5) is 0 Å². The predicted octanol–water partition coefficient (Wildman–Crippen LogP) is 2.82. The van der Waals surface area contributed by atoms with Crippen molar-refractivity contribution in [3.05, 3.63) is 41.2 Å². The van der Waals surface area contributed by atoms with Crippen LogP contribution in [0.1, 0.15) is 59.5 Å². The van der Waals surface area contributed by atoms with Crippen LogP contribution in [0, 0.1) is 0 Å². The van der Waals surface area contributed by atoms with Crippen LogP contribution in [0.3, 0.4) is 0 Å². The van der Waals surface area contributed by atoms with E-state index in [4.69, 9.17) is 13.7 Å². The Morgan fingerprint density at radius 3 is 2.95 bits per heavy atom. The van der Waals surface area contributed by atoms with E-state index in [0.29, 0.717) is 24.0 Å². The fourth-order valence-corrected chi connectivity index (χ4v) is 2.32. The summed E-state index contributed by atoms with van der Waals surface area (Å²) in [6, 6.07) is 5.14. The molecule has 6 heteroatoms. The molecule has 1 saturated carbocycles. The van der Waals surface area contributed by atoms with Crippen LogP contribution in [0.2, 0.25) is 0 Å². The number of carbonyl (C=O) groups is 1. The second-order valence-electron chi connectivity index (χ2n) is 5.53. The molecule has 6 nitrogen and oxygen atoms in total. The fraction of sp³-hybridized carbons (Fsp3) is 0.500. The van der Waals surface area contributed by atoms with Crippen molar-refractivity contribution in [2.75, 3.05) is 13.7 Å². The highest BCUT2D eigenvalue weighted by Crippen LogP contribution is 2.40. The van der Waals surface area contributed by atoms with E-state index < -0.39 is 0 Å². The summed E-state index contributed by atoms with van der Waals surface area (Å²) in [6.45, 7) is 2.34. The summed E-state index contributed by atoms with van der Waals surface area (Å²) < 4.78 is 16.1. The number of amides is 1. The first-order valence-corrected chi connectivity index (χ1v) is 7.56. The molecule has 118 valence electrons. The molecule has 1 fully saturated rings. The van der Waals surface area contributed by atoms with E-state index >= 15 is 0 Å². The van der Waals surface area contributed by atoms with Crippen molar-refractivity contribution in [1.29, 1.82) is 0 Å². The lowest BCUT2D eigenvalue weighted by molar-refractivity contribution is 0.0873. The zero-order chi connectivity index (χ0) is 15.5. The number of furan rings is 1. The Balaban J connectivity index is 1.70. The zero-order valence-corrected chi connectivity index (χ0v) is 12.8. The third kappa shape index (κ3) is 3.22. The topological polar surface area (TPSA) is 77.5 Å². The van der Waals surface area contributed by atoms with Crippen molar-refractivity contribution in [3.63, 3.8) is 0 Å². The molecule has 1 N–H and O–H groups in total. The van der Waals surface area contributed by atoms with Gasteiger partial charge >= 0.3 is 0 Å². The third-order valence-electron chi connectivity index (χ3n) is 3.75. The Morgan fingerprint density at radius 2 is 2.32 bits per heavy atom. The van der Waals surface area contributed by atoms with E-state index in [0.717, 1.165) is 30.8 Å². The van der Waals surface area contributed by atoms with Crippen LogP contribution in [-0.2, 0) is 11.2 Å². The average molecular weight is 304 g/mol. The first-order chi connectivity index (χ1) is 10.7. The number of hydrogen-bond acceptors (Lipinski definition) is 5. The smallest absolute Gasteiger partial charge is 0.274 e. The molecule has 1 amide bonds. The Kier molecular flexibility index (Phi) is 4.29. The minimum absolute atomic E-state index is 0.285. The van der Waals surface area contributed by atoms with Gasteiger partial charge in [-0.05, 0) is 25.0 Å². The molecule has 22 heavy (non-hydrogen) atoms. The molecule has 1 atom stereocenters. The van der Waals surface area contributed by atoms with Gasteiger partial charge in [0.05, 0.1) is 6.61 Å². The van der Waals surface area contributed by atoms with Crippen LogP contribution in [0.5, 0.6) is 0 Å². The van der Waals surface area contributed by atoms with E-state index in [-0.39, 0.29) is 11.9 Å². The van der Waals surface area contributed by atoms with Gasteiger partial charge in [0, 0.05) is 25.5 Å². The maximum absolute atomic E-state index is 12.3. The molecule has 2 heterocycles. The summed E-state index contributed by atoms with van der Waals surface area (Å²) >= 11 is 0. The van der Waals surface area contributed by atoms with Crippen molar-refractivity contribution in [2.24, 2.45) is 0 Å². The van der Waals surface area contributed by atoms with Gasteiger partial charge in [-0.1, -0.05) is 12.1 Å². The lowest BCUT2D eigenvalue weighted by Crippen LogP contribution is -2.31. The molecule has 0 spiro atoms. The molecular weight excluding hydrogens is 284 g/mol. The largest absolute Gasteiger partial charge is 0.464 e. The summed E-state index contributed by atoms with van der Waals surface area (Å²) in [6.07, 6.45) is 3.02. The summed E-state index contributed by atoms with van der Waals surface area (Å²) in [4.78, 5) is 12.3. The number of hydrogen-bond donors (Lipinski definition) is 1. The van der Waals surface area contributed by atoms with Gasteiger partial charge in [0.25, 0.3) is 5.91 Å². The SMILES string of the molecule is CCc1ccc(C(COC)NC(=O)c2cc(C3CC3)on2)o1. The van der Waals surface area contributed by atoms with Crippen molar-refractivity contribution in [1.82, 2.24) is 10.5 Å². The number of methoxy groups -OCH3 is 1. The van der Waals surface area contributed by atoms with E-state index in [1.165, 1.54) is 0 Å². The highest BCUT2D eigenvalue weighted by atomic mass is 16.5. The minimum Gasteiger partial charge on any atom is -0.464 e. The number of nitrogens with one attached hydrogen (secondary N) is 1. The first-order valence-electron chi connectivity index (χ1n) is 7.56. The molecule has 2 aromatic rings. The monoisotopic (exact) mass is 304 g/mol. The first kappa shape index (κ1) is 14.8. The molecule has 0 radical (unpaired) electrons. The predicted molar refractivity (Wildman–Crippen MR) is 78.6 cm³/mol. The maximum Gasteiger partial charge on any atom is 0.274 e.